The van der Waals surface area contributed by atoms with E-state index < -0.39 is 0 Å². The quantitative estimate of drug-likeness (QED) is 0.753. The summed E-state index contributed by atoms with van der Waals surface area (Å²) in [6.07, 6.45) is 2.09. The summed E-state index contributed by atoms with van der Waals surface area (Å²) >= 11 is 0. The highest BCUT2D eigenvalue weighted by molar-refractivity contribution is 5.50. The molecule has 0 saturated carbocycles. The molecule has 2 heteroatoms. The zero-order valence-electron chi connectivity index (χ0n) is 8.96. The summed E-state index contributed by atoms with van der Waals surface area (Å²) in [6, 6.07) is 8.33. The number of benzene rings is 1. The molecule has 0 bridgehead atoms. The molecule has 1 rings (SSSR count). The van der Waals surface area contributed by atoms with Crippen LogP contribution in [0.25, 0.3) is 0 Å². The van der Waals surface area contributed by atoms with Gasteiger partial charge in [-0.2, -0.15) is 0 Å². The van der Waals surface area contributed by atoms with Crippen LogP contribution in [-0.4, -0.2) is 17.8 Å². The normalized spacial score (nSPS) is 12.5. The predicted molar refractivity (Wildman–Crippen MR) is 60.6 cm³/mol. The minimum atomic E-state index is 0.182. The third-order valence-corrected chi connectivity index (χ3v) is 2.36. The average molecular weight is 193 g/mol. The molecule has 1 aromatic carbocycles. The Kier molecular flexibility index (Phi) is 4.47. The van der Waals surface area contributed by atoms with Crippen LogP contribution in [0.1, 0.15) is 25.3 Å². The van der Waals surface area contributed by atoms with Crippen molar-refractivity contribution in [3.63, 3.8) is 0 Å². The molecule has 2 N–H and O–H groups in total. The molecule has 0 saturated heterocycles. The molecule has 78 valence electrons. The van der Waals surface area contributed by atoms with E-state index in [0.717, 1.165) is 18.5 Å². The number of aliphatic hydroxyl groups excluding tert-OH is 1. The molecule has 0 aromatic heterocycles. The lowest BCUT2D eigenvalue weighted by Gasteiger charge is -2.18. The van der Waals surface area contributed by atoms with Gasteiger partial charge in [-0.05, 0) is 25.0 Å². The van der Waals surface area contributed by atoms with Crippen LogP contribution in [0.15, 0.2) is 24.3 Å². The first-order chi connectivity index (χ1) is 6.77. The molecule has 1 atom stereocenters. The maximum absolute atomic E-state index is 9.15. The Morgan fingerprint density at radius 2 is 2.07 bits per heavy atom. The van der Waals surface area contributed by atoms with Gasteiger partial charge in [0.05, 0.1) is 6.61 Å². The van der Waals surface area contributed by atoms with Crippen LogP contribution in [0.4, 0.5) is 5.69 Å². The van der Waals surface area contributed by atoms with Crippen LogP contribution < -0.4 is 5.32 Å². The van der Waals surface area contributed by atoms with Crippen molar-refractivity contribution in [2.45, 2.75) is 32.7 Å². The van der Waals surface area contributed by atoms with Gasteiger partial charge in [0.2, 0.25) is 0 Å². The van der Waals surface area contributed by atoms with E-state index in [0.29, 0.717) is 0 Å². The Labute approximate surface area is 86.0 Å². The van der Waals surface area contributed by atoms with E-state index in [-0.39, 0.29) is 12.6 Å². The monoisotopic (exact) mass is 193 g/mol. The molecule has 2 nitrogen and oxygen atoms in total. The summed E-state index contributed by atoms with van der Waals surface area (Å²) in [6.45, 7) is 4.40. The summed E-state index contributed by atoms with van der Waals surface area (Å²) < 4.78 is 0. The van der Waals surface area contributed by atoms with Gasteiger partial charge in [0.15, 0.2) is 0 Å². The Hall–Kier alpha value is -1.02. The average Bonchev–Trinajstić information content (AvgIpc) is 2.20. The number of anilines is 1. The first-order valence-corrected chi connectivity index (χ1v) is 5.21. The summed E-state index contributed by atoms with van der Waals surface area (Å²) in [5.41, 5.74) is 2.35. The number of aliphatic hydroxyl groups is 1. The van der Waals surface area contributed by atoms with Crippen molar-refractivity contribution in [3.05, 3.63) is 29.8 Å². The molecular weight excluding hydrogens is 174 g/mol. The molecule has 0 spiro atoms. The molecule has 1 unspecified atom stereocenters. The van der Waals surface area contributed by atoms with Crippen molar-refractivity contribution in [1.82, 2.24) is 0 Å². The lowest BCUT2D eigenvalue weighted by molar-refractivity contribution is 0.268. The van der Waals surface area contributed by atoms with Gasteiger partial charge in [-0.25, -0.2) is 0 Å². The van der Waals surface area contributed by atoms with Gasteiger partial charge in [0.25, 0.3) is 0 Å². The minimum absolute atomic E-state index is 0.182. The third kappa shape index (κ3) is 3.04. The van der Waals surface area contributed by atoms with Gasteiger partial charge < -0.3 is 10.4 Å². The van der Waals surface area contributed by atoms with Crippen molar-refractivity contribution < 1.29 is 5.11 Å². The zero-order valence-corrected chi connectivity index (χ0v) is 8.96. The Morgan fingerprint density at radius 1 is 1.36 bits per heavy atom. The highest BCUT2D eigenvalue weighted by atomic mass is 16.3. The van der Waals surface area contributed by atoms with E-state index in [9.17, 15) is 0 Å². The number of hydrogen-bond acceptors (Lipinski definition) is 2. The maximum Gasteiger partial charge on any atom is 0.0632 e. The third-order valence-electron chi connectivity index (χ3n) is 2.36. The minimum Gasteiger partial charge on any atom is -0.394 e. The van der Waals surface area contributed by atoms with Gasteiger partial charge in [-0.3, -0.25) is 0 Å². The van der Waals surface area contributed by atoms with Crippen molar-refractivity contribution in [2.24, 2.45) is 0 Å². The molecule has 1 aromatic rings. The molecule has 0 aliphatic carbocycles. The lowest BCUT2D eigenvalue weighted by Crippen LogP contribution is -2.23. The van der Waals surface area contributed by atoms with Gasteiger partial charge in [-0.1, -0.05) is 31.5 Å². The topological polar surface area (TPSA) is 32.3 Å². The van der Waals surface area contributed by atoms with Crippen molar-refractivity contribution in [3.8, 4) is 0 Å². The Morgan fingerprint density at radius 3 is 2.64 bits per heavy atom. The largest absolute Gasteiger partial charge is 0.394 e. The molecule has 0 aliphatic rings. The first-order valence-electron chi connectivity index (χ1n) is 5.21. The first kappa shape index (κ1) is 11.1. The molecule has 14 heavy (non-hydrogen) atoms. The van der Waals surface area contributed by atoms with Crippen LogP contribution in [-0.2, 0) is 0 Å². The fourth-order valence-electron chi connectivity index (χ4n) is 1.51. The molecule has 0 amide bonds. The van der Waals surface area contributed by atoms with Crippen molar-refractivity contribution in [2.75, 3.05) is 11.9 Å². The molecule has 0 radical (unpaired) electrons. The van der Waals surface area contributed by atoms with Gasteiger partial charge in [-0.15, -0.1) is 0 Å². The summed E-state index contributed by atoms with van der Waals surface area (Å²) in [5.74, 6) is 0. The van der Waals surface area contributed by atoms with Crippen LogP contribution >= 0.6 is 0 Å². The van der Waals surface area contributed by atoms with E-state index >= 15 is 0 Å². The van der Waals surface area contributed by atoms with Crippen LogP contribution in [0.2, 0.25) is 0 Å². The second kappa shape index (κ2) is 5.66. The van der Waals surface area contributed by atoms with E-state index in [1.165, 1.54) is 5.56 Å². The van der Waals surface area contributed by atoms with Gasteiger partial charge in [0, 0.05) is 11.7 Å². The SMILES string of the molecule is CCCC(CO)Nc1ccccc1C. The molecule has 0 aliphatic heterocycles. The zero-order chi connectivity index (χ0) is 10.4. The second-order valence-corrected chi connectivity index (χ2v) is 3.63. The van der Waals surface area contributed by atoms with Crippen LogP contribution in [0.5, 0.6) is 0 Å². The summed E-state index contributed by atoms with van der Waals surface area (Å²) in [5, 5.41) is 12.5. The van der Waals surface area contributed by atoms with Gasteiger partial charge >= 0.3 is 0 Å². The van der Waals surface area contributed by atoms with E-state index in [4.69, 9.17) is 5.11 Å². The summed E-state index contributed by atoms with van der Waals surface area (Å²) in [4.78, 5) is 0. The highest BCUT2D eigenvalue weighted by Gasteiger charge is 2.06. The van der Waals surface area contributed by atoms with Gasteiger partial charge in [0.1, 0.15) is 0 Å². The maximum atomic E-state index is 9.15. The fraction of sp³-hybridized carbons (Fsp3) is 0.500. The Bertz CT molecular complexity index is 273. The second-order valence-electron chi connectivity index (χ2n) is 3.63. The fourth-order valence-corrected chi connectivity index (χ4v) is 1.51. The number of aryl methyl sites for hydroxylation is 1. The Balaban J connectivity index is 2.62. The van der Waals surface area contributed by atoms with Crippen molar-refractivity contribution >= 4 is 5.69 Å². The van der Waals surface area contributed by atoms with E-state index in [1.807, 2.05) is 18.2 Å². The molecule has 0 heterocycles. The highest BCUT2D eigenvalue weighted by Crippen LogP contribution is 2.15. The van der Waals surface area contributed by atoms with E-state index in [1.54, 1.807) is 0 Å². The number of para-hydroxylation sites is 1. The number of rotatable bonds is 5. The van der Waals surface area contributed by atoms with E-state index in [2.05, 4.69) is 25.2 Å². The predicted octanol–water partition coefficient (Wildman–Crippen LogP) is 2.57. The number of nitrogens with one attached hydrogen (secondary N) is 1. The van der Waals surface area contributed by atoms with Crippen LogP contribution in [0.3, 0.4) is 0 Å². The number of hydrogen-bond donors (Lipinski definition) is 2. The lowest BCUT2D eigenvalue weighted by atomic mass is 10.1. The van der Waals surface area contributed by atoms with Crippen LogP contribution in [0, 0.1) is 6.92 Å². The summed E-state index contributed by atoms with van der Waals surface area (Å²) in [7, 11) is 0. The standard InChI is InChI=1S/C12H19NO/c1-3-6-11(9-14)13-12-8-5-4-7-10(12)2/h4-5,7-8,11,13-14H,3,6,9H2,1-2H3. The molecule has 0 fully saturated rings. The van der Waals surface area contributed by atoms with Crippen molar-refractivity contribution in [1.29, 1.82) is 0 Å². The smallest absolute Gasteiger partial charge is 0.0632 e. The molecular formula is C12H19NO.